The molecule has 0 spiro atoms. The molecule has 0 radical (unpaired) electrons. The molecular formula is C15H23NO. The van der Waals surface area contributed by atoms with Crippen molar-refractivity contribution in [3.05, 3.63) is 35.4 Å². The maximum atomic E-state index is 6.43. The number of rotatable bonds is 4. The smallest absolute Gasteiger partial charge is 0.0596 e. The first kappa shape index (κ1) is 12.6. The summed E-state index contributed by atoms with van der Waals surface area (Å²) >= 11 is 0. The molecule has 94 valence electrons. The molecule has 1 saturated heterocycles. The summed E-state index contributed by atoms with van der Waals surface area (Å²) in [6.45, 7) is 5.17. The van der Waals surface area contributed by atoms with Gasteiger partial charge in [0, 0.05) is 12.1 Å². The number of hydrogen-bond acceptors (Lipinski definition) is 2. The molecule has 2 heteroatoms. The zero-order valence-corrected chi connectivity index (χ0v) is 10.9. The minimum absolute atomic E-state index is 0.277. The van der Waals surface area contributed by atoms with E-state index in [0.29, 0.717) is 6.10 Å². The Balaban J connectivity index is 2.06. The molecule has 1 aromatic carbocycles. The average Bonchev–Trinajstić information content (AvgIpc) is 2.81. The molecule has 0 aromatic heterocycles. The summed E-state index contributed by atoms with van der Waals surface area (Å²) in [4.78, 5) is 0. The van der Waals surface area contributed by atoms with Gasteiger partial charge in [0.1, 0.15) is 0 Å². The SMILES string of the molecule is CCc1ccc(C(C)(N)CC2CCCO2)cc1. The largest absolute Gasteiger partial charge is 0.378 e. The highest BCUT2D eigenvalue weighted by atomic mass is 16.5. The highest BCUT2D eigenvalue weighted by Gasteiger charge is 2.28. The third kappa shape index (κ3) is 3.08. The maximum absolute atomic E-state index is 6.43. The van der Waals surface area contributed by atoms with E-state index in [4.69, 9.17) is 10.5 Å². The van der Waals surface area contributed by atoms with Gasteiger partial charge in [-0.15, -0.1) is 0 Å². The quantitative estimate of drug-likeness (QED) is 0.867. The van der Waals surface area contributed by atoms with Gasteiger partial charge in [-0.05, 0) is 43.7 Å². The van der Waals surface area contributed by atoms with Crippen molar-refractivity contribution >= 4 is 0 Å². The molecule has 0 bridgehead atoms. The number of ether oxygens (including phenoxy) is 1. The molecule has 17 heavy (non-hydrogen) atoms. The molecule has 2 N–H and O–H groups in total. The fraction of sp³-hybridized carbons (Fsp3) is 0.600. The maximum Gasteiger partial charge on any atom is 0.0596 e. The van der Waals surface area contributed by atoms with Crippen LogP contribution in [-0.2, 0) is 16.7 Å². The summed E-state index contributed by atoms with van der Waals surface area (Å²) in [5.74, 6) is 0. The average molecular weight is 233 g/mol. The molecule has 2 atom stereocenters. The van der Waals surface area contributed by atoms with Crippen molar-refractivity contribution in [3.8, 4) is 0 Å². The van der Waals surface area contributed by atoms with Crippen LogP contribution in [0.1, 0.15) is 44.2 Å². The standard InChI is InChI=1S/C15H23NO/c1-3-12-6-8-13(9-7-12)15(2,16)11-14-5-4-10-17-14/h6-9,14H,3-5,10-11,16H2,1-2H3. The van der Waals surface area contributed by atoms with Gasteiger partial charge >= 0.3 is 0 Å². The zero-order valence-electron chi connectivity index (χ0n) is 10.9. The van der Waals surface area contributed by atoms with E-state index in [1.807, 2.05) is 0 Å². The number of benzene rings is 1. The van der Waals surface area contributed by atoms with E-state index in [1.54, 1.807) is 0 Å². The van der Waals surface area contributed by atoms with Gasteiger partial charge in [-0.2, -0.15) is 0 Å². The molecule has 2 nitrogen and oxygen atoms in total. The second-order valence-electron chi connectivity index (χ2n) is 5.31. The van der Waals surface area contributed by atoms with Crippen LogP contribution in [0.5, 0.6) is 0 Å². The summed E-state index contributed by atoms with van der Waals surface area (Å²) < 4.78 is 5.68. The van der Waals surface area contributed by atoms with Gasteiger partial charge in [-0.25, -0.2) is 0 Å². The molecule has 2 rings (SSSR count). The lowest BCUT2D eigenvalue weighted by molar-refractivity contribution is 0.0856. The molecule has 1 fully saturated rings. The van der Waals surface area contributed by atoms with E-state index in [1.165, 1.54) is 17.5 Å². The Bertz CT molecular complexity index is 350. The fourth-order valence-electron chi connectivity index (χ4n) is 2.52. The van der Waals surface area contributed by atoms with Gasteiger partial charge in [0.25, 0.3) is 0 Å². The molecule has 1 aliphatic rings. The van der Waals surface area contributed by atoms with Crippen molar-refractivity contribution in [3.63, 3.8) is 0 Å². The van der Waals surface area contributed by atoms with Crippen LogP contribution in [0.2, 0.25) is 0 Å². The second kappa shape index (κ2) is 5.19. The Kier molecular flexibility index (Phi) is 3.85. The number of aryl methyl sites for hydroxylation is 1. The predicted octanol–water partition coefficient (Wildman–Crippen LogP) is 2.99. The van der Waals surface area contributed by atoms with Gasteiger partial charge in [-0.3, -0.25) is 0 Å². The van der Waals surface area contributed by atoms with Crippen molar-refractivity contribution in [2.75, 3.05) is 6.61 Å². The molecule has 1 aromatic rings. The van der Waals surface area contributed by atoms with Gasteiger partial charge in [0.2, 0.25) is 0 Å². The van der Waals surface area contributed by atoms with Crippen molar-refractivity contribution in [2.24, 2.45) is 5.73 Å². The van der Waals surface area contributed by atoms with E-state index in [0.717, 1.165) is 25.9 Å². The third-order valence-corrected chi connectivity index (χ3v) is 3.70. The summed E-state index contributed by atoms with van der Waals surface area (Å²) in [7, 11) is 0. The lowest BCUT2D eigenvalue weighted by Gasteiger charge is -2.28. The Hall–Kier alpha value is -0.860. The van der Waals surface area contributed by atoms with E-state index in [2.05, 4.69) is 38.1 Å². The van der Waals surface area contributed by atoms with Crippen LogP contribution in [-0.4, -0.2) is 12.7 Å². The molecule has 0 aliphatic carbocycles. The van der Waals surface area contributed by atoms with Gasteiger partial charge in [-0.1, -0.05) is 31.2 Å². The topological polar surface area (TPSA) is 35.2 Å². The molecular weight excluding hydrogens is 210 g/mol. The first-order valence-electron chi connectivity index (χ1n) is 6.62. The first-order chi connectivity index (χ1) is 8.12. The van der Waals surface area contributed by atoms with Crippen LogP contribution < -0.4 is 5.73 Å². The van der Waals surface area contributed by atoms with Crippen molar-refractivity contribution in [1.29, 1.82) is 0 Å². The lowest BCUT2D eigenvalue weighted by Crippen LogP contribution is -2.36. The summed E-state index contributed by atoms with van der Waals surface area (Å²) in [6, 6.07) is 8.67. The van der Waals surface area contributed by atoms with E-state index >= 15 is 0 Å². The Morgan fingerprint density at radius 2 is 2.06 bits per heavy atom. The third-order valence-electron chi connectivity index (χ3n) is 3.70. The van der Waals surface area contributed by atoms with Crippen molar-refractivity contribution in [2.45, 2.75) is 51.2 Å². The Morgan fingerprint density at radius 1 is 1.35 bits per heavy atom. The second-order valence-corrected chi connectivity index (χ2v) is 5.31. The molecule has 1 heterocycles. The molecule has 0 amide bonds. The highest BCUT2D eigenvalue weighted by molar-refractivity contribution is 5.28. The van der Waals surface area contributed by atoms with E-state index in [9.17, 15) is 0 Å². The van der Waals surface area contributed by atoms with E-state index in [-0.39, 0.29) is 5.54 Å². The van der Waals surface area contributed by atoms with Crippen molar-refractivity contribution in [1.82, 2.24) is 0 Å². The van der Waals surface area contributed by atoms with Crippen LogP contribution in [0.3, 0.4) is 0 Å². The number of nitrogens with two attached hydrogens (primary N) is 1. The highest BCUT2D eigenvalue weighted by Crippen LogP contribution is 2.28. The van der Waals surface area contributed by atoms with E-state index < -0.39 is 0 Å². The fourth-order valence-corrected chi connectivity index (χ4v) is 2.52. The van der Waals surface area contributed by atoms with Crippen LogP contribution in [0, 0.1) is 0 Å². The normalized spacial score (nSPS) is 23.6. The summed E-state index contributed by atoms with van der Waals surface area (Å²) in [5.41, 5.74) is 8.73. The Labute approximate surface area is 104 Å². The first-order valence-corrected chi connectivity index (χ1v) is 6.62. The summed E-state index contributed by atoms with van der Waals surface area (Å²) in [6.07, 6.45) is 4.66. The van der Waals surface area contributed by atoms with Crippen LogP contribution in [0.4, 0.5) is 0 Å². The van der Waals surface area contributed by atoms with Crippen LogP contribution in [0.25, 0.3) is 0 Å². The lowest BCUT2D eigenvalue weighted by atomic mass is 9.86. The Morgan fingerprint density at radius 3 is 2.59 bits per heavy atom. The zero-order chi connectivity index (χ0) is 12.3. The predicted molar refractivity (Wildman–Crippen MR) is 71.0 cm³/mol. The minimum Gasteiger partial charge on any atom is -0.378 e. The summed E-state index contributed by atoms with van der Waals surface area (Å²) in [5, 5.41) is 0. The molecule has 1 aliphatic heterocycles. The van der Waals surface area contributed by atoms with Gasteiger partial charge < -0.3 is 10.5 Å². The van der Waals surface area contributed by atoms with Gasteiger partial charge in [0.05, 0.1) is 6.10 Å². The van der Waals surface area contributed by atoms with Crippen molar-refractivity contribution < 1.29 is 4.74 Å². The molecule has 2 unspecified atom stereocenters. The molecule has 0 saturated carbocycles. The van der Waals surface area contributed by atoms with Gasteiger partial charge in [0.15, 0.2) is 0 Å². The monoisotopic (exact) mass is 233 g/mol. The van der Waals surface area contributed by atoms with Crippen LogP contribution >= 0.6 is 0 Å². The van der Waals surface area contributed by atoms with Crippen LogP contribution in [0.15, 0.2) is 24.3 Å². The number of hydrogen-bond donors (Lipinski definition) is 1. The minimum atomic E-state index is -0.277.